The van der Waals surface area contributed by atoms with Gasteiger partial charge in [0.25, 0.3) is 5.91 Å². The molecule has 1 amide bonds. The van der Waals surface area contributed by atoms with Crippen LogP contribution in [-0.4, -0.2) is 24.0 Å². The van der Waals surface area contributed by atoms with E-state index in [9.17, 15) is 14.9 Å². The third-order valence-electron chi connectivity index (χ3n) is 5.82. The quantitative estimate of drug-likeness (QED) is 0.327. The van der Waals surface area contributed by atoms with E-state index in [-0.39, 0.29) is 21.9 Å². The monoisotopic (exact) mass is 509 g/mol. The van der Waals surface area contributed by atoms with Gasteiger partial charge in [0.2, 0.25) is 0 Å². The first kappa shape index (κ1) is 22.3. The maximum absolute atomic E-state index is 13.4. The van der Waals surface area contributed by atoms with Crippen LogP contribution in [0.25, 0.3) is 21.3 Å². The lowest BCUT2D eigenvalue weighted by molar-refractivity contribution is 0.0601. The van der Waals surface area contributed by atoms with Crippen molar-refractivity contribution >= 4 is 72.6 Å². The minimum atomic E-state index is -0.466. The molecule has 5 N–H and O–H groups in total. The Morgan fingerprint density at radius 1 is 1.24 bits per heavy atom. The van der Waals surface area contributed by atoms with E-state index in [4.69, 9.17) is 16.2 Å². The highest BCUT2D eigenvalue weighted by Crippen LogP contribution is 2.44. The summed E-state index contributed by atoms with van der Waals surface area (Å²) in [6.45, 7) is 0. The van der Waals surface area contributed by atoms with Crippen molar-refractivity contribution in [2.45, 2.75) is 25.7 Å². The van der Waals surface area contributed by atoms with Gasteiger partial charge in [-0.1, -0.05) is 0 Å². The van der Waals surface area contributed by atoms with Crippen LogP contribution >= 0.6 is 34.0 Å². The Balaban J connectivity index is 1.62. The third kappa shape index (κ3) is 3.51. The van der Waals surface area contributed by atoms with Crippen LogP contribution in [0.15, 0.2) is 16.8 Å². The number of nitrogens with one attached hydrogen (secondary N) is 1. The van der Waals surface area contributed by atoms with E-state index in [1.165, 1.54) is 29.8 Å². The molecule has 5 rings (SSSR count). The van der Waals surface area contributed by atoms with E-state index in [2.05, 4.69) is 16.4 Å². The van der Waals surface area contributed by atoms with Crippen LogP contribution in [0, 0.1) is 11.3 Å². The van der Waals surface area contributed by atoms with Crippen molar-refractivity contribution < 1.29 is 14.3 Å². The molecule has 0 atom stereocenters. The van der Waals surface area contributed by atoms with Crippen LogP contribution in [0.4, 0.5) is 16.5 Å². The molecule has 4 heterocycles. The molecule has 0 aliphatic heterocycles. The highest BCUT2D eigenvalue weighted by Gasteiger charge is 2.29. The zero-order chi connectivity index (χ0) is 24.0. The van der Waals surface area contributed by atoms with Gasteiger partial charge in [-0.15, -0.1) is 22.7 Å². The maximum atomic E-state index is 13.4. The van der Waals surface area contributed by atoms with Gasteiger partial charge in [-0.3, -0.25) is 4.79 Å². The number of ether oxygens (including phenoxy) is 1. The summed E-state index contributed by atoms with van der Waals surface area (Å²) in [5, 5.41) is 17.4. The molecule has 0 fully saturated rings. The van der Waals surface area contributed by atoms with Gasteiger partial charge < -0.3 is 21.5 Å². The normalized spacial score (nSPS) is 12.8. The number of fused-ring (bicyclic) bond motifs is 2. The van der Waals surface area contributed by atoms with Crippen molar-refractivity contribution in [2.24, 2.45) is 0 Å². The summed E-state index contributed by atoms with van der Waals surface area (Å²) >= 11 is 3.99. The number of thiophene rings is 3. The molecule has 1 aliphatic rings. The van der Waals surface area contributed by atoms with Crippen molar-refractivity contribution in [1.29, 1.82) is 5.26 Å². The molecular formula is C23H19N5O3S3. The molecule has 34 heavy (non-hydrogen) atoms. The minimum absolute atomic E-state index is 0.0864. The first-order valence-electron chi connectivity index (χ1n) is 10.4. The second-order valence-electron chi connectivity index (χ2n) is 7.76. The zero-order valence-electron chi connectivity index (χ0n) is 18.1. The number of carbonyl (C=O) groups excluding carboxylic acids is 2. The number of carbonyl (C=O) groups is 2. The lowest BCUT2D eigenvalue weighted by Crippen LogP contribution is -2.15. The number of hydrogen-bond donors (Lipinski definition) is 3. The first-order chi connectivity index (χ1) is 16.4. The Kier molecular flexibility index (Phi) is 5.73. The van der Waals surface area contributed by atoms with Crippen LogP contribution in [0.5, 0.6) is 0 Å². The van der Waals surface area contributed by atoms with Crippen molar-refractivity contribution in [3.8, 4) is 17.2 Å². The first-order valence-corrected chi connectivity index (χ1v) is 13.0. The highest BCUT2D eigenvalue weighted by molar-refractivity contribution is 7.21. The molecular weight excluding hydrogens is 490 g/mol. The number of anilines is 3. The van der Waals surface area contributed by atoms with Crippen molar-refractivity contribution in [3.63, 3.8) is 0 Å². The predicted octanol–water partition coefficient (Wildman–Crippen LogP) is 5.04. The molecule has 0 bridgehead atoms. The molecule has 0 spiro atoms. The van der Waals surface area contributed by atoms with Crippen molar-refractivity contribution in [1.82, 2.24) is 4.98 Å². The Labute approximate surface area is 206 Å². The molecule has 172 valence electrons. The average molecular weight is 510 g/mol. The van der Waals surface area contributed by atoms with Gasteiger partial charge in [-0.25, -0.2) is 9.78 Å². The van der Waals surface area contributed by atoms with Crippen LogP contribution in [0.2, 0.25) is 0 Å². The number of amides is 1. The zero-order valence-corrected chi connectivity index (χ0v) is 20.5. The number of rotatable bonds is 4. The van der Waals surface area contributed by atoms with E-state index in [0.717, 1.165) is 53.0 Å². The molecule has 4 aromatic heterocycles. The largest absolute Gasteiger partial charge is 0.465 e. The van der Waals surface area contributed by atoms with Gasteiger partial charge in [-0.05, 0) is 53.6 Å². The number of esters is 1. The number of methoxy groups -OCH3 is 1. The topological polar surface area (TPSA) is 144 Å². The average Bonchev–Trinajstić information content (AvgIpc) is 3.55. The van der Waals surface area contributed by atoms with E-state index in [0.29, 0.717) is 26.3 Å². The Morgan fingerprint density at radius 2 is 2.03 bits per heavy atom. The fraction of sp³-hybridized carbons (Fsp3) is 0.217. The van der Waals surface area contributed by atoms with Gasteiger partial charge in [-0.2, -0.15) is 16.6 Å². The number of nitriles is 1. The summed E-state index contributed by atoms with van der Waals surface area (Å²) in [5.41, 5.74) is 15.7. The molecule has 4 aromatic rings. The summed E-state index contributed by atoms with van der Waals surface area (Å²) in [6.07, 6.45) is 3.69. The summed E-state index contributed by atoms with van der Waals surface area (Å²) in [5.74, 6) is -0.826. The summed E-state index contributed by atoms with van der Waals surface area (Å²) < 4.78 is 5.00. The number of aryl methyl sites for hydroxylation is 1. The standard InChI is InChI=1S/C23H19N5O3S3/c1-31-23(30)15-11-4-2-3-5-13(11)33-21(15)28-20(29)18-17(25)16-14(10-6-7-32-9-10)12(8-24)19(26)27-22(16)34-18/h6-7,9H,2-5,25H2,1H3,(H2,26,27)(H,28,29). The smallest absolute Gasteiger partial charge is 0.341 e. The molecule has 11 heteroatoms. The summed E-state index contributed by atoms with van der Waals surface area (Å²) in [7, 11) is 1.33. The molecule has 0 aromatic carbocycles. The molecule has 0 unspecified atom stereocenters. The van der Waals surface area contributed by atoms with E-state index < -0.39 is 11.9 Å². The van der Waals surface area contributed by atoms with E-state index >= 15 is 0 Å². The van der Waals surface area contributed by atoms with Gasteiger partial charge in [0.05, 0.1) is 18.4 Å². The number of aromatic nitrogens is 1. The van der Waals surface area contributed by atoms with Crippen LogP contribution in [0.1, 0.15) is 48.9 Å². The predicted molar refractivity (Wildman–Crippen MR) is 137 cm³/mol. The molecule has 8 nitrogen and oxygen atoms in total. The second kappa shape index (κ2) is 8.72. The Morgan fingerprint density at radius 3 is 2.74 bits per heavy atom. The molecule has 0 saturated heterocycles. The highest BCUT2D eigenvalue weighted by atomic mass is 32.1. The molecule has 0 radical (unpaired) electrons. The van der Waals surface area contributed by atoms with Gasteiger partial charge >= 0.3 is 5.97 Å². The van der Waals surface area contributed by atoms with E-state index in [1.807, 2.05) is 16.8 Å². The van der Waals surface area contributed by atoms with Gasteiger partial charge in [0, 0.05) is 15.8 Å². The number of nitrogens with zero attached hydrogens (tertiary/aromatic N) is 2. The number of nitrogens with two attached hydrogens (primary N) is 2. The number of hydrogen-bond acceptors (Lipinski definition) is 10. The second-order valence-corrected chi connectivity index (χ2v) is 10.6. The van der Waals surface area contributed by atoms with Crippen molar-refractivity contribution in [3.05, 3.63) is 43.3 Å². The lowest BCUT2D eigenvalue weighted by Gasteiger charge is -2.11. The maximum Gasteiger partial charge on any atom is 0.341 e. The molecule has 0 saturated carbocycles. The van der Waals surface area contributed by atoms with Gasteiger partial charge in [0.15, 0.2) is 0 Å². The van der Waals surface area contributed by atoms with E-state index in [1.54, 1.807) is 0 Å². The van der Waals surface area contributed by atoms with Crippen LogP contribution < -0.4 is 16.8 Å². The van der Waals surface area contributed by atoms with Crippen LogP contribution in [-0.2, 0) is 17.6 Å². The summed E-state index contributed by atoms with van der Waals surface area (Å²) in [6, 6.07) is 3.99. The number of pyridine rings is 1. The fourth-order valence-electron chi connectivity index (χ4n) is 4.28. The van der Waals surface area contributed by atoms with Crippen LogP contribution in [0.3, 0.4) is 0 Å². The van der Waals surface area contributed by atoms with Crippen molar-refractivity contribution in [2.75, 3.05) is 23.9 Å². The summed E-state index contributed by atoms with van der Waals surface area (Å²) in [4.78, 5) is 32.1. The Hall–Kier alpha value is -3.46. The molecule has 1 aliphatic carbocycles. The Bertz CT molecular complexity index is 1490. The lowest BCUT2D eigenvalue weighted by atomic mass is 9.95. The SMILES string of the molecule is COC(=O)c1c(NC(=O)c2sc3nc(N)c(C#N)c(-c4ccsc4)c3c2N)sc2c1CCCC2. The third-order valence-corrected chi connectivity index (χ3v) is 8.81. The minimum Gasteiger partial charge on any atom is -0.465 e. The van der Waals surface area contributed by atoms with Gasteiger partial charge in [0.1, 0.15) is 32.2 Å². The number of nitrogen functional groups attached to an aromatic ring is 2. The fourth-order valence-corrected chi connectivity index (χ4v) is 7.21.